The van der Waals surface area contributed by atoms with Crippen molar-refractivity contribution in [1.29, 1.82) is 0 Å². The number of aromatic nitrogens is 1. The molecule has 0 saturated carbocycles. The molecule has 3 aromatic rings. The smallest absolute Gasteiger partial charge is 0.261 e. The summed E-state index contributed by atoms with van der Waals surface area (Å²) in [4.78, 5) is 6.53. The van der Waals surface area contributed by atoms with Crippen LogP contribution in [0.5, 0.6) is 0 Å². The minimum atomic E-state index is -3.80. The molecule has 5 nitrogen and oxygen atoms in total. The SMILES string of the molecule is Cc1cc(S(=O)(=O)Nc2ccc(N3CCc4ccccc43)nc2)ccc1F. The quantitative estimate of drug-likeness (QED) is 0.739. The van der Waals surface area contributed by atoms with Crippen LogP contribution in [0.3, 0.4) is 0 Å². The van der Waals surface area contributed by atoms with Gasteiger partial charge in [-0.25, -0.2) is 17.8 Å². The third-order valence-corrected chi connectivity index (χ3v) is 5.98. The van der Waals surface area contributed by atoms with Gasteiger partial charge in [0.2, 0.25) is 0 Å². The summed E-state index contributed by atoms with van der Waals surface area (Å²) in [5, 5.41) is 0. The molecule has 0 amide bonds. The van der Waals surface area contributed by atoms with E-state index in [9.17, 15) is 12.8 Å². The molecular formula is C20H18FN3O2S. The summed E-state index contributed by atoms with van der Waals surface area (Å²) < 4.78 is 40.9. The maximum absolute atomic E-state index is 13.4. The average Bonchev–Trinajstić information content (AvgIpc) is 3.08. The number of anilines is 3. The molecule has 0 saturated heterocycles. The standard InChI is InChI=1S/C20H18FN3O2S/c1-14-12-17(7-8-18(14)21)27(25,26)23-16-6-9-20(22-13-16)24-11-10-15-4-2-3-5-19(15)24/h2-9,12-13,23H,10-11H2,1H3. The Morgan fingerprint density at radius 2 is 1.93 bits per heavy atom. The second-order valence-electron chi connectivity index (χ2n) is 6.45. The highest BCUT2D eigenvalue weighted by Gasteiger charge is 2.21. The fourth-order valence-electron chi connectivity index (χ4n) is 3.18. The molecule has 0 radical (unpaired) electrons. The lowest BCUT2D eigenvalue weighted by Crippen LogP contribution is -2.16. The van der Waals surface area contributed by atoms with Gasteiger partial charge < -0.3 is 4.90 Å². The van der Waals surface area contributed by atoms with Crippen molar-refractivity contribution >= 4 is 27.2 Å². The third-order valence-electron chi connectivity index (χ3n) is 4.60. The number of sulfonamides is 1. The average molecular weight is 383 g/mol. The van der Waals surface area contributed by atoms with Crippen molar-refractivity contribution in [2.45, 2.75) is 18.2 Å². The van der Waals surface area contributed by atoms with E-state index in [-0.39, 0.29) is 10.5 Å². The predicted octanol–water partition coefficient (Wildman–Crippen LogP) is 4.02. The van der Waals surface area contributed by atoms with Crippen LogP contribution in [0.2, 0.25) is 0 Å². The first-order chi connectivity index (χ1) is 12.9. The molecule has 1 aliphatic heterocycles. The molecule has 1 aliphatic rings. The first kappa shape index (κ1) is 17.5. The summed E-state index contributed by atoms with van der Waals surface area (Å²) >= 11 is 0. The van der Waals surface area contributed by atoms with Crippen LogP contribution in [0.25, 0.3) is 0 Å². The van der Waals surface area contributed by atoms with Crippen LogP contribution < -0.4 is 9.62 Å². The lowest BCUT2D eigenvalue weighted by molar-refractivity contribution is 0.598. The Morgan fingerprint density at radius 3 is 2.67 bits per heavy atom. The van der Waals surface area contributed by atoms with Crippen LogP contribution in [0.15, 0.2) is 65.7 Å². The number of hydrogen-bond acceptors (Lipinski definition) is 4. The van der Waals surface area contributed by atoms with E-state index < -0.39 is 15.8 Å². The number of para-hydroxylation sites is 1. The maximum Gasteiger partial charge on any atom is 0.261 e. The van der Waals surface area contributed by atoms with E-state index in [0.29, 0.717) is 5.69 Å². The highest BCUT2D eigenvalue weighted by atomic mass is 32.2. The van der Waals surface area contributed by atoms with Crippen molar-refractivity contribution in [3.8, 4) is 0 Å². The van der Waals surface area contributed by atoms with Gasteiger partial charge in [-0.1, -0.05) is 18.2 Å². The summed E-state index contributed by atoms with van der Waals surface area (Å²) in [5.74, 6) is 0.325. The summed E-state index contributed by atoms with van der Waals surface area (Å²) in [6, 6.07) is 15.3. The molecule has 0 fully saturated rings. The molecule has 7 heteroatoms. The Bertz CT molecular complexity index is 1100. The maximum atomic E-state index is 13.4. The molecule has 138 valence electrons. The van der Waals surface area contributed by atoms with Crippen LogP contribution in [-0.2, 0) is 16.4 Å². The molecule has 0 aliphatic carbocycles. The zero-order valence-corrected chi connectivity index (χ0v) is 15.5. The normalized spacial score (nSPS) is 13.5. The number of rotatable bonds is 4. The van der Waals surface area contributed by atoms with Crippen molar-refractivity contribution in [3.63, 3.8) is 0 Å². The van der Waals surface area contributed by atoms with Gasteiger partial charge in [-0.05, 0) is 60.9 Å². The number of nitrogens with zero attached hydrogens (tertiary/aromatic N) is 2. The van der Waals surface area contributed by atoms with E-state index in [1.165, 1.54) is 30.8 Å². The molecule has 2 aromatic carbocycles. The monoisotopic (exact) mass is 383 g/mol. The van der Waals surface area contributed by atoms with Crippen LogP contribution in [0.4, 0.5) is 21.6 Å². The molecule has 0 atom stereocenters. The van der Waals surface area contributed by atoms with Crippen molar-refractivity contribution in [3.05, 3.63) is 77.7 Å². The minimum Gasteiger partial charge on any atom is -0.326 e. The fraction of sp³-hybridized carbons (Fsp3) is 0.150. The van der Waals surface area contributed by atoms with Gasteiger partial charge in [0.25, 0.3) is 10.0 Å². The molecule has 27 heavy (non-hydrogen) atoms. The van der Waals surface area contributed by atoms with Gasteiger partial charge in [-0.2, -0.15) is 0 Å². The van der Waals surface area contributed by atoms with Crippen molar-refractivity contribution in [1.82, 2.24) is 4.98 Å². The number of nitrogens with one attached hydrogen (secondary N) is 1. The molecule has 0 bridgehead atoms. The third kappa shape index (κ3) is 3.38. The van der Waals surface area contributed by atoms with Crippen LogP contribution >= 0.6 is 0 Å². The Hall–Kier alpha value is -2.93. The Balaban J connectivity index is 1.55. The molecule has 0 unspecified atom stereocenters. The van der Waals surface area contributed by atoms with E-state index >= 15 is 0 Å². The first-order valence-electron chi connectivity index (χ1n) is 8.54. The summed E-state index contributed by atoms with van der Waals surface area (Å²) in [7, 11) is -3.80. The van der Waals surface area contributed by atoms with Gasteiger partial charge in [0, 0.05) is 12.2 Å². The highest BCUT2D eigenvalue weighted by Crippen LogP contribution is 2.33. The lowest BCUT2D eigenvalue weighted by Gasteiger charge is -2.18. The second kappa shape index (κ2) is 6.66. The second-order valence-corrected chi connectivity index (χ2v) is 8.13. The van der Waals surface area contributed by atoms with Crippen molar-refractivity contribution in [2.75, 3.05) is 16.2 Å². The van der Waals surface area contributed by atoms with Crippen LogP contribution in [-0.4, -0.2) is 19.9 Å². The summed E-state index contributed by atoms with van der Waals surface area (Å²) in [6.07, 6.45) is 2.44. The summed E-state index contributed by atoms with van der Waals surface area (Å²) in [5.41, 5.74) is 3.03. The Labute approximate surface area is 157 Å². The van der Waals surface area contributed by atoms with Gasteiger partial charge in [0.05, 0.1) is 16.8 Å². The highest BCUT2D eigenvalue weighted by molar-refractivity contribution is 7.92. The minimum absolute atomic E-state index is 0.0129. The number of pyridine rings is 1. The lowest BCUT2D eigenvalue weighted by atomic mass is 10.2. The van der Waals surface area contributed by atoms with Gasteiger partial charge in [0.15, 0.2) is 0 Å². The number of aryl methyl sites for hydroxylation is 1. The van der Waals surface area contributed by atoms with E-state index in [4.69, 9.17) is 0 Å². The van der Waals surface area contributed by atoms with E-state index in [2.05, 4.69) is 26.7 Å². The van der Waals surface area contributed by atoms with Gasteiger partial charge in [-0.15, -0.1) is 0 Å². The molecule has 2 heterocycles. The van der Waals surface area contributed by atoms with Gasteiger partial charge >= 0.3 is 0 Å². The first-order valence-corrected chi connectivity index (χ1v) is 10.0. The summed E-state index contributed by atoms with van der Waals surface area (Å²) in [6.45, 7) is 2.37. The zero-order valence-electron chi connectivity index (χ0n) is 14.7. The molecule has 1 aromatic heterocycles. The van der Waals surface area contributed by atoms with E-state index in [0.717, 1.165) is 30.5 Å². The van der Waals surface area contributed by atoms with Gasteiger partial charge in [0.1, 0.15) is 11.6 Å². The molecule has 1 N–H and O–H groups in total. The molecule has 4 rings (SSSR count). The molecule has 0 spiro atoms. The number of fused-ring (bicyclic) bond motifs is 1. The largest absolute Gasteiger partial charge is 0.326 e. The van der Waals surface area contributed by atoms with Crippen molar-refractivity contribution < 1.29 is 12.8 Å². The number of halogens is 1. The van der Waals surface area contributed by atoms with E-state index in [1.54, 1.807) is 12.1 Å². The van der Waals surface area contributed by atoms with E-state index in [1.807, 2.05) is 12.1 Å². The molecular weight excluding hydrogens is 365 g/mol. The van der Waals surface area contributed by atoms with Crippen LogP contribution in [0.1, 0.15) is 11.1 Å². The predicted molar refractivity (Wildman–Crippen MR) is 103 cm³/mol. The van der Waals surface area contributed by atoms with Gasteiger partial charge in [-0.3, -0.25) is 4.72 Å². The Kier molecular flexibility index (Phi) is 4.31. The number of hydrogen-bond donors (Lipinski definition) is 1. The Morgan fingerprint density at radius 1 is 1.11 bits per heavy atom. The van der Waals surface area contributed by atoms with Crippen molar-refractivity contribution in [2.24, 2.45) is 0 Å². The topological polar surface area (TPSA) is 62.3 Å². The number of benzene rings is 2. The zero-order chi connectivity index (χ0) is 19.0. The fourth-order valence-corrected chi connectivity index (χ4v) is 4.31. The van der Waals surface area contributed by atoms with Crippen LogP contribution in [0, 0.1) is 12.7 Å².